The van der Waals surface area contributed by atoms with Crippen LogP contribution in [-0.4, -0.2) is 50.0 Å². The van der Waals surface area contributed by atoms with Gasteiger partial charge in [0.2, 0.25) is 10.0 Å². The lowest BCUT2D eigenvalue weighted by molar-refractivity contribution is -0.0499. The zero-order valence-electron chi connectivity index (χ0n) is 26.3. The number of hydrogen-bond donors (Lipinski definition) is 2. The first kappa shape index (κ1) is 32.1. The van der Waals surface area contributed by atoms with Gasteiger partial charge >= 0.3 is 0 Å². The SMILES string of the molecule is C=CCC[C@@]1(O)/C=C\C[C@H](C)[C@@H](C)S(=O)(=O)NC(=O)c2ccc3c(c2)N(C[C@@H]2CC[C@H]21)C[C@@]1(CCCc2cc(Cl)ccc21)CO3. The Morgan fingerprint density at radius 3 is 2.78 bits per heavy atom. The Hall–Kier alpha value is -2.81. The van der Waals surface area contributed by atoms with Gasteiger partial charge in [0.1, 0.15) is 5.75 Å². The van der Waals surface area contributed by atoms with Crippen molar-refractivity contribution in [3.05, 3.63) is 82.9 Å². The number of sulfonamides is 1. The summed E-state index contributed by atoms with van der Waals surface area (Å²) in [5.74, 6) is 0.0404. The van der Waals surface area contributed by atoms with Gasteiger partial charge in [-0.05, 0) is 118 Å². The van der Waals surface area contributed by atoms with Crippen LogP contribution in [0.15, 0.2) is 61.2 Å². The molecule has 2 aromatic carbocycles. The second kappa shape index (κ2) is 12.4. The number of carbonyl (C=O) groups excluding carboxylic acids is 1. The van der Waals surface area contributed by atoms with Gasteiger partial charge in [0.15, 0.2) is 0 Å². The fraction of sp³-hybridized carbons (Fsp3) is 0.528. The highest BCUT2D eigenvalue weighted by Crippen LogP contribution is 2.49. The summed E-state index contributed by atoms with van der Waals surface area (Å²) in [4.78, 5) is 15.8. The highest BCUT2D eigenvalue weighted by atomic mass is 35.5. The second-order valence-electron chi connectivity index (χ2n) is 13.8. The maximum Gasteiger partial charge on any atom is 0.264 e. The highest BCUT2D eigenvalue weighted by molar-refractivity contribution is 7.90. The number of hydrogen-bond acceptors (Lipinski definition) is 6. The Kier molecular flexibility index (Phi) is 8.87. The fourth-order valence-electron chi connectivity index (χ4n) is 7.97. The van der Waals surface area contributed by atoms with Crippen molar-refractivity contribution in [3.63, 3.8) is 0 Å². The van der Waals surface area contributed by atoms with E-state index in [1.54, 1.807) is 25.1 Å². The van der Waals surface area contributed by atoms with Crippen molar-refractivity contribution in [2.45, 2.75) is 81.5 Å². The maximum atomic E-state index is 13.4. The van der Waals surface area contributed by atoms with Crippen LogP contribution in [0.2, 0.25) is 5.02 Å². The van der Waals surface area contributed by atoms with E-state index in [1.165, 1.54) is 11.1 Å². The third kappa shape index (κ3) is 6.18. The quantitative estimate of drug-likeness (QED) is 0.364. The number of aryl methyl sites for hydroxylation is 1. The van der Waals surface area contributed by atoms with Crippen molar-refractivity contribution < 1.29 is 23.1 Å². The second-order valence-corrected chi connectivity index (χ2v) is 16.3. The van der Waals surface area contributed by atoms with E-state index >= 15 is 0 Å². The molecule has 0 radical (unpaired) electrons. The molecule has 1 amide bonds. The van der Waals surface area contributed by atoms with Crippen LogP contribution in [-0.2, 0) is 21.9 Å². The van der Waals surface area contributed by atoms with Gasteiger partial charge in [0.05, 0.1) is 23.1 Å². The molecule has 1 fully saturated rings. The van der Waals surface area contributed by atoms with Crippen molar-refractivity contribution >= 4 is 33.2 Å². The van der Waals surface area contributed by atoms with Gasteiger partial charge in [0, 0.05) is 29.1 Å². The molecule has 242 valence electrons. The molecule has 2 aliphatic heterocycles. The number of ether oxygens (including phenoxy) is 1. The Bertz CT molecular complexity index is 1610. The maximum absolute atomic E-state index is 13.4. The summed E-state index contributed by atoms with van der Waals surface area (Å²) < 4.78 is 35.6. The third-order valence-corrected chi connectivity index (χ3v) is 13.2. The normalized spacial score (nSPS) is 33.4. The Balaban J connectivity index is 1.45. The van der Waals surface area contributed by atoms with E-state index in [9.17, 15) is 18.3 Å². The molecule has 7 nitrogen and oxygen atoms in total. The summed E-state index contributed by atoms with van der Waals surface area (Å²) in [6.45, 7) is 9.24. The lowest BCUT2D eigenvalue weighted by Gasteiger charge is -2.49. The molecule has 2 aliphatic carbocycles. The zero-order valence-corrected chi connectivity index (χ0v) is 27.9. The number of anilines is 1. The van der Waals surface area contributed by atoms with E-state index in [0.717, 1.165) is 42.8 Å². The van der Waals surface area contributed by atoms with Gasteiger partial charge in [-0.2, -0.15) is 0 Å². The summed E-state index contributed by atoms with van der Waals surface area (Å²) in [6, 6.07) is 11.4. The molecule has 1 saturated carbocycles. The minimum Gasteiger partial charge on any atom is -0.490 e. The average Bonchev–Trinajstić information content (AvgIpc) is 3.14. The average molecular weight is 653 g/mol. The van der Waals surface area contributed by atoms with Crippen molar-refractivity contribution in [2.75, 3.05) is 24.6 Å². The monoisotopic (exact) mass is 652 g/mol. The van der Waals surface area contributed by atoms with E-state index in [1.807, 2.05) is 31.2 Å². The van der Waals surface area contributed by atoms with Crippen LogP contribution in [0.25, 0.3) is 0 Å². The van der Waals surface area contributed by atoms with Gasteiger partial charge in [-0.3, -0.25) is 4.79 Å². The van der Waals surface area contributed by atoms with E-state index < -0.39 is 26.8 Å². The summed E-state index contributed by atoms with van der Waals surface area (Å²) in [6.07, 6.45) is 12.2. The number of allylic oxidation sites excluding steroid dienone is 2. The summed E-state index contributed by atoms with van der Waals surface area (Å²) >= 11 is 6.42. The van der Waals surface area contributed by atoms with Crippen molar-refractivity contribution in [2.24, 2.45) is 17.8 Å². The first-order chi connectivity index (χ1) is 21.4. The number of benzene rings is 2. The van der Waals surface area contributed by atoms with Crippen LogP contribution in [0.3, 0.4) is 0 Å². The first-order valence-corrected chi connectivity index (χ1v) is 18.2. The molecule has 6 atom stereocenters. The van der Waals surface area contributed by atoms with Crippen LogP contribution < -0.4 is 14.4 Å². The standard InChI is InChI=1S/C36H45ClN2O5S/c1-4-5-17-36(41)18-6-8-24(2)25(3)45(42,43)38-34(40)27-11-15-33-32(20-27)39(21-28-10-13-31(28)36)22-35(23-44-33)16-7-9-26-19-29(37)12-14-30(26)35/h4,6,11-12,14-15,18-20,24-25,28,31,41H,1,5,7-10,13,16-17,21-23H2,2-3H3,(H,38,40)/b18-6-/t24-,25+,28-,31+,35-,36+/m0/s1. The molecule has 1 spiro atoms. The summed E-state index contributed by atoms with van der Waals surface area (Å²) in [5.41, 5.74) is 2.24. The van der Waals surface area contributed by atoms with Gasteiger partial charge in [-0.15, -0.1) is 6.58 Å². The minimum absolute atomic E-state index is 0.0468. The number of halogens is 1. The zero-order chi connectivity index (χ0) is 32.0. The molecule has 0 aromatic heterocycles. The van der Waals surface area contributed by atoms with E-state index in [0.29, 0.717) is 44.7 Å². The summed E-state index contributed by atoms with van der Waals surface area (Å²) in [5, 5.41) is 12.1. The minimum atomic E-state index is -3.95. The Morgan fingerprint density at radius 1 is 1.20 bits per heavy atom. The fourth-order valence-corrected chi connectivity index (χ4v) is 9.45. The predicted molar refractivity (Wildman–Crippen MR) is 180 cm³/mol. The highest BCUT2D eigenvalue weighted by Gasteiger charge is 2.47. The van der Waals surface area contributed by atoms with Crippen LogP contribution >= 0.6 is 11.6 Å². The lowest BCUT2D eigenvalue weighted by Crippen LogP contribution is -2.52. The Morgan fingerprint density at radius 2 is 2.02 bits per heavy atom. The van der Waals surface area contributed by atoms with Gasteiger partial charge in [0.25, 0.3) is 5.91 Å². The number of aliphatic hydroxyl groups is 1. The molecular formula is C36H45ClN2O5S. The van der Waals surface area contributed by atoms with E-state index in [4.69, 9.17) is 16.3 Å². The number of fused-ring (bicyclic) bond motifs is 4. The van der Waals surface area contributed by atoms with E-state index in [-0.39, 0.29) is 28.7 Å². The third-order valence-electron chi connectivity index (χ3n) is 11.0. The molecule has 0 saturated heterocycles. The number of rotatable bonds is 3. The smallest absolute Gasteiger partial charge is 0.264 e. The molecule has 2 N–H and O–H groups in total. The number of nitrogens with one attached hydrogen (secondary N) is 1. The molecule has 2 aromatic rings. The topological polar surface area (TPSA) is 95.9 Å². The first-order valence-electron chi connectivity index (χ1n) is 16.3. The molecule has 2 heterocycles. The van der Waals surface area contributed by atoms with Gasteiger partial charge in [-0.1, -0.05) is 42.8 Å². The van der Waals surface area contributed by atoms with Crippen LogP contribution in [0.5, 0.6) is 5.75 Å². The molecule has 6 rings (SSSR count). The molecule has 45 heavy (non-hydrogen) atoms. The number of amides is 1. The largest absolute Gasteiger partial charge is 0.490 e. The molecule has 2 bridgehead atoms. The van der Waals surface area contributed by atoms with Crippen molar-refractivity contribution in [3.8, 4) is 5.75 Å². The van der Waals surface area contributed by atoms with Crippen LogP contribution in [0.4, 0.5) is 5.69 Å². The Labute approximate surface area is 272 Å². The van der Waals surface area contributed by atoms with E-state index in [2.05, 4.69) is 28.3 Å². The van der Waals surface area contributed by atoms with Crippen LogP contribution in [0.1, 0.15) is 80.3 Å². The molecule has 0 unspecified atom stereocenters. The van der Waals surface area contributed by atoms with Crippen molar-refractivity contribution in [1.82, 2.24) is 4.72 Å². The summed E-state index contributed by atoms with van der Waals surface area (Å²) in [7, 11) is -3.95. The van der Waals surface area contributed by atoms with Gasteiger partial charge in [-0.25, -0.2) is 13.1 Å². The van der Waals surface area contributed by atoms with Crippen molar-refractivity contribution in [1.29, 1.82) is 0 Å². The molecular weight excluding hydrogens is 608 g/mol. The lowest BCUT2D eigenvalue weighted by atomic mass is 9.63. The molecule has 4 aliphatic rings. The predicted octanol–water partition coefficient (Wildman–Crippen LogP) is 6.58. The number of carbonyl (C=O) groups is 1. The van der Waals surface area contributed by atoms with Gasteiger partial charge < -0.3 is 14.7 Å². The van der Waals surface area contributed by atoms with Crippen LogP contribution in [0, 0.1) is 17.8 Å². The molecule has 9 heteroatoms. The number of nitrogens with zero attached hydrogens (tertiary/aromatic N) is 1.